The van der Waals surface area contributed by atoms with Crippen LogP contribution in [0.25, 0.3) is 11.6 Å². The van der Waals surface area contributed by atoms with Crippen molar-refractivity contribution in [2.75, 3.05) is 0 Å². The van der Waals surface area contributed by atoms with Gasteiger partial charge in [0.05, 0.1) is 0 Å². The van der Waals surface area contributed by atoms with E-state index in [1.165, 1.54) is 0 Å². The van der Waals surface area contributed by atoms with E-state index in [2.05, 4.69) is 15.2 Å². The van der Waals surface area contributed by atoms with Crippen molar-refractivity contribution in [3.8, 4) is 11.6 Å². The van der Waals surface area contributed by atoms with Gasteiger partial charge >= 0.3 is 0 Å². The molecule has 3 aromatic rings. The Bertz CT molecular complexity index is 558. The molecule has 5 heteroatoms. The van der Waals surface area contributed by atoms with E-state index in [4.69, 9.17) is 0 Å². The molecular weight excluding hydrogens is 214 g/mol. The third-order valence-corrected chi connectivity index (χ3v) is 2.42. The molecule has 0 bridgehead atoms. The smallest absolute Gasteiger partial charge is 0.156 e. The van der Waals surface area contributed by atoms with Crippen molar-refractivity contribution in [3.63, 3.8) is 0 Å². The minimum Gasteiger partial charge on any atom is -0.223 e. The first-order valence-electron chi connectivity index (χ1n) is 5.32. The Morgan fingerprint density at radius 1 is 0.882 bits per heavy atom. The second kappa shape index (κ2) is 3.86. The SMILES string of the molecule is Cc1cc(-n2cccn2)nc(-n2cccn2)c1. The molecule has 3 heterocycles. The van der Waals surface area contributed by atoms with Gasteiger partial charge in [-0.25, -0.2) is 14.3 Å². The third-order valence-electron chi connectivity index (χ3n) is 2.42. The van der Waals surface area contributed by atoms with E-state index in [1.54, 1.807) is 21.8 Å². The second-order valence-electron chi connectivity index (χ2n) is 3.76. The largest absolute Gasteiger partial charge is 0.223 e. The molecule has 84 valence electrons. The summed E-state index contributed by atoms with van der Waals surface area (Å²) >= 11 is 0. The summed E-state index contributed by atoms with van der Waals surface area (Å²) in [5, 5.41) is 8.35. The van der Waals surface area contributed by atoms with Crippen LogP contribution in [0.5, 0.6) is 0 Å². The van der Waals surface area contributed by atoms with Crippen molar-refractivity contribution in [2.45, 2.75) is 6.92 Å². The highest BCUT2D eigenvalue weighted by molar-refractivity contribution is 5.35. The summed E-state index contributed by atoms with van der Waals surface area (Å²) in [6.07, 6.45) is 7.21. The molecule has 0 amide bonds. The predicted molar refractivity (Wildman–Crippen MR) is 63.2 cm³/mol. The zero-order valence-corrected chi connectivity index (χ0v) is 9.35. The zero-order chi connectivity index (χ0) is 11.7. The Morgan fingerprint density at radius 2 is 1.41 bits per heavy atom. The van der Waals surface area contributed by atoms with Crippen molar-refractivity contribution >= 4 is 0 Å². The fourth-order valence-electron chi connectivity index (χ4n) is 1.67. The van der Waals surface area contributed by atoms with Gasteiger partial charge in [-0.3, -0.25) is 0 Å². The highest BCUT2D eigenvalue weighted by Gasteiger charge is 2.04. The Balaban J connectivity index is 2.13. The van der Waals surface area contributed by atoms with Crippen LogP contribution in [0.15, 0.2) is 49.1 Å². The minimum atomic E-state index is 0.792. The standard InChI is InChI=1S/C12H11N5/c1-10-8-11(16-6-2-4-13-16)15-12(9-10)17-7-3-5-14-17/h2-9H,1H3. The molecule has 0 aliphatic carbocycles. The summed E-state index contributed by atoms with van der Waals surface area (Å²) in [7, 11) is 0. The van der Waals surface area contributed by atoms with E-state index in [9.17, 15) is 0 Å². The molecule has 5 nitrogen and oxygen atoms in total. The molecule has 0 aliphatic heterocycles. The van der Waals surface area contributed by atoms with E-state index in [0.29, 0.717) is 0 Å². The van der Waals surface area contributed by atoms with Gasteiger partial charge in [0.25, 0.3) is 0 Å². The van der Waals surface area contributed by atoms with Gasteiger partial charge in [-0.1, -0.05) is 0 Å². The normalized spacial score (nSPS) is 10.6. The first kappa shape index (κ1) is 9.77. The lowest BCUT2D eigenvalue weighted by Crippen LogP contribution is -2.04. The monoisotopic (exact) mass is 225 g/mol. The Kier molecular flexibility index (Phi) is 2.22. The Labute approximate surface area is 98.3 Å². The number of hydrogen-bond donors (Lipinski definition) is 0. The van der Waals surface area contributed by atoms with E-state index >= 15 is 0 Å². The van der Waals surface area contributed by atoms with Crippen molar-refractivity contribution in [1.29, 1.82) is 0 Å². The lowest BCUT2D eigenvalue weighted by molar-refractivity contribution is 0.801. The predicted octanol–water partition coefficient (Wildman–Crippen LogP) is 1.76. The molecule has 0 N–H and O–H groups in total. The van der Waals surface area contributed by atoms with E-state index < -0.39 is 0 Å². The quantitative estimate of drug-likeness (QED) is 0.667. The Morgan fingerprint density at radius 3 is 1.82 bits per heavy atom. The third kappa shape index (κ3) is 1.82. The number of aryl methyl sites for hydroxylation is 1. The second-order valence-corrected chi connectivity index (χ2v) is 3.76. The maximum absolute atomic E-state index is 4.52. The molecule has 0 aliphatic rings. The Hall–Kier alpha value is -2.43. The van der Waals surface area contributed by atoms with Crippen LogP contribution < -0.4 is 0 Å². The van der Waals surface area contributed by atoms with E-state index in [0.717, 1.165) is 17.2 Å². The van der Waals surface area contributed by atoms with Crippen LogP contribution in [0, 0.1) is 6.92 Å². The average molecular weight is 225 g/mol. The van der Waals surface area contributed by atoms with Crippen molar-refractivity contribution in [1.82, 2.24) is 24.5 Å². The molecule has 0 unspecified atom stereocenters. The number of pyridine rings is 1. The molecule has 17 heavy (non-hydrogen) atoms. The molecule has 0 aromatic carbocycles. The highest BCUT2D eigenvalue weighted by atomic mass is 15.3. The molecule has 0 fully saturated rings. The van der Waals surface area contributed by atoms with Crippen LogP contribution in [-0.4, -0.2) is 24.5 Å². The summed E-state index contributed by atoms with van der Waals surface area (Å²) < 4.78 is 3.47. The zero-order valence-electron chi connectivity index (χ0n) is 9.35. The van der Waals surface area contributed by atoms with Gasteiger partial charge in [0.1, 0.15) is 0 Å². The lowest BCUT2D eigenvalue weighted by Gasteiger charge is -2.06. The number of hydrogen-bond acceptors (Lipinski definition) is 3. The summed E-state index contributed by atoms with van der Waals surface area (Å²) in [5.74, 6) is 1.58. The van der Waals surface area contributed by atoms with Crippen molar-refractivity contribution < 1.29 is 0 Å². The number of aromatic nitrogens is 5. The maximum atomic E-state index is 4.52. The molecular formula is C12H11N5. The molecule has 0 radical (unpaired) electrons. The molecule has 0 spiro atoms. The fraction of sp³-hybridized carbons (Fsp3) is 0.0833. The van der Waals surface area contributed by atoms with Crippen molar-refractivity contribution in [3.05, 3.63) is 54.6 Å². The minimum absolute atomic E-state index is 0.792. The van der Waals surface area contributed by atoms with Crippen molar-refractivity contribution in [2.24, 2.45) is 0 Å². The first-order valence-corrected chi connectivity index (χ1v) is 5.32. The van der Waals surface area contributed by atoms with E-state index in [-0.39, 0.29) is 0 Å². The summed E-state index contributed by atoms with van der Waals surface area (Å²) in [4.78, 5) is 4.52. The van der Waals surface area contributed by atoms with Gasteiger partial charge in [-0.2, -0.15) is 10.2 Å². The first-order chi connectivity index (χ1) is 8.33. The highest BCUT2D eigenvalue weighted by Crippen LogP contribution is 2.11. The molecule has 3 rings (SSSR count). The molecule has 3 aromatic heterocycles. The van der Waals surface area contributed by atoms with Gasteiger partial charge in [0.2, 0.25) is 0 Å². The van der Waals surface area contributed by atoms with Crippen LogP contribution in [-0.2, 0) is 0 Å². The topological polar surface area (TPSA) is 48.5 Å². The number of nitrogens with zero attached hydrogens (tertiary/aromatic N) is 5. The molecule has 0 saturated heterocycles. The van der Waals surface area contributed by atoms with Crippen LogP contribution in [0.4, 0.5) is 0 Å². The van der Waals surface area contributed by atoms with Crippen LogP contribution >= 0.6 is 0 Å². The average Bonchev–Trinajstić information content (AvgIpc) is 3.02. The lowest BCUT2D eigenvalue weighted by atomic mass is 10.3. The number of rotatable bonds is 2. The van der Waals surface area contributed by atoms with Crippen LogP contribution in [0.1, 0.15) is 5.56 Å². The maximum Gasteiger partial charge on any atom is 0.156 e. The van der Waals surface area contributed by atoms with Gasteiger partial charge in [-0.15, -0.1) is 0 Å². The van der Waals surface area contributed by atoms with Gasteiger partial charge in [0, 0.05) is 24.8 Å². The van der Waals surface area contributed by atoms with Crippen LogP contribution in [0.2, 0.25) is 0 Å². The fourth-order valence-corrected chi connectivity index (χ4v) is 1.67. The van der Waals surface area contributed by atoms with Crippen LogP contribution in [0.3, 0.4) is 0 Å². The van der Waals surface area contributed by atoms with Gasteiger partial charge in [-0.05, 0) is 36.8 Å². The summed E-state index contributed by atoms with van der Waals surface area (Å²) in [6, 6.07) is 7.72. The summed E-state index contributed by atoms with van der Waals surface area (Å²) in [6.45, 7) is 2.03. The molecule has 0 saturated carbocycles. The summed E-state index contributed by atoms with van der Waals surface area (Å²) in [5.41, 5.74) is 1.12. The van der Waals surface area contributed by atoms with Gasteiger partial charge < -0.3 is 0 Å². The molecule has 0 atom stereocenters. The van der Waals surface area contributed by atoms with Gasteiger partial charge in [0.15, 0.2) is 11.6 Å². The van der Waals surface area contributed by atoms with E-state index in [1.807, 2.05) is 43.6 Å².